The average molecular weight is 627 g/mol. The first-order valence-corrected chi connectivity index (χ1v) is 13.2. The Morgan fingerprint density at radius 1 is 0.682 bits per heavy atom. The molecule has 0 radical (unpaired) electrons. The molecule has 2 aliphatic heterocycles. The molecule has 5 rings (SSSR count). The summed E-state index contributed by atoms with van der Waals surface area (Å²) >= 11 is 0. The summed E-state index contributed by atoms with van der Waals surface area (Å²) in [5.74, 6) is -3.31. The number of ether oxygens (including phenoxy) is 4. The highest BCUT2D eigenvalue weighted by molar-refractivity contribution is 5.88. The Morgan fingerprint density at radius 3 is 1.80 bits per heavy atom. The standard InChI is InChI=1S/C27H30O17/c28-6-14-17(33)20(36)22(38)26(42-14)41-12-2-1-8(3-10(12)31)24-25(19(35)16-11(32)4-9(30)5-13(16)40-24)44-27-23(39)21(37)18(34)15(7-29)43-27/h1-5,14-15,17-18,20-23,26-34,36-39H,6-7H2/t14-,15+,17-,18+,20+,21-,22-,23+,26-,27-/m1/s1. The van der Waals surface area contributed by atoms with Gasteiger partial charge in [0.05, 0.1) is 13.2 Å². The van der Waals surface area contributed by atoms with E-state index in [1.165, 1.54) is 6.07 Å². The number of phenols is 3. The van der Waals surface area contributed by atoms with Crippen LogP contribution in [-0.2, 0) is 9.47 Å². The highest BCUT2D eigenvalue weighted by Gasteiger charge is 2.46. The van der Waals surface area contributed by atoms with Gasteiger partial charge in [-0.2, -0.15) is 0 Å². The van der Waals surface area contributed by atoms with Gasteiger partial charge >= 0.3 is 0 Å². The molecule has 0 spiro atoms. The van der Waals surface area contributed by atoms with Gasteiger partial charge in [-0.25, -0.2) is 0 Å². The van der Waals surface area contributed by atoms with E-state index in [0.29, 0.717) is 0 Å². The third kappa shape index (κ3) is 5.61. The van der Waals surface area contributed by atoms with Crippen LogP contribution in [0.3, 0.4) is 0 Å². The van der Waals surface area contributed by atoms with Crippen molar-refractivity contribution >= 4 is 11.0 Å². The third-order valence-corrected chi connectivity index (χ3v) is 7.31. The Hall–Kier alpha value is -3.75. The van der Waals surface area contributed by atoms with Crippen LogP contribution in [0.25, 0.3) is 22.3 Å². The maximum Gasteiger partial charge on any atom is 0.239 e. The molecule has 3 aromatic rings. The van der Waals surface area contributed by atoms with Crippen molar-refractivity contribution in [3.8, 4) is 40.1 Å². The van der Waals surface area contributed by atoms with Crippen molar-refractivity contribution in [3.63, 3.8) is 0 Å². The molecule has 0 saturated carbocycles. The second-order valence-electron chi connectivity index (χ2n) is 10.2. The molecule has 2 aliphatic rings. The molecule has 3 heterocycles. The first-order valence-electron chi connectivity index (χ1n) is 13.2. The van der Waals surface area contributed by atoms with Crippen LogP contribution >= 0.6 is 0 Å². The zero-order valence-corrected chi connectivity index (χ0v) is 22.4. The molecule has 17 heteroatoms. The SMILES string of the molecule is O=c1c(O[C@H]2O[C@@H](CO)[C@H](O)[C@@H](O)[C@@H]2O)c(-c2ccc(O[C@@H]3O[C@H](CO)[C@@H](O)[C@H](O)[C@H]3O)c(O)c2)oc2cc(O)cc(O)c12. The summed E-state index contributed by atoms with van der Waals surface area (Å²) in [5, 5.41) is 110. The molecular weight excluding hydrogens is 596 g/mol. The van der Waals surface area contributed by atoms with Crippen molar-refractivity contribution in [2.24, 2.45) is 0 Å². The van der Waals surface area contributed by atoms with Crippen LogP contribution in [0.1, 0.15) is 0 Å². The molecule has 240 valence electrons. The topological polar surface area (TPSA) is 290 Å². The largest absolute Gasteiger partial charge is 0.508 e. The second-order valence-corrected chi connectivity index (χ2v) is 10.2. The van der Waals surface area contributed by atoms with Gasteiger partial charge in [-0.15, -0.1) is 0 Å². The Labute approximate surface area is 246 Å². The first kappa shape index (κ1) is 31.7. The monoisotopic (exact) mass is 626 g/mol. The van der Waals surface area contributed by atoms with E-state index in [-0.39, 0.29) is 16.9 Å². The second kappa shape index (κ2) is 12.3. The van der Waals surface area contributed by atoms with Gasteiger partial charge in [0.15, 0.2) is 17.3 Å². The van der Waals surface area contributed by atoms with E-state index in [1.54, 1.807) is 0 Å². The maximum absolute atomic E-state index is 13.6. The molecular formula is C27H30O17. The zero-order valence-electron chi connectivity index (χ0n) is 22.4. The van der Waals surface area contributed by atoms with Crippen molar-refractivity contribution < 1.29 is 79.5 Å². The minimum absolute atomic E-state index is 0.0925. The lowest BCUT2D eigenvalue weighted by atomic mass is 9.99. The molecule has 10 atom stereocenters. The van der Waals surface area contributed by atoms with Crippen molar-refractivity contribution in [1.29, 1.82) is 0 Å². The van der Waals surface area contributed by atoms with Crippen molar-refractivity contribution in [2.45, 2.75) is 61.4 Å². The summed E-state index contributed by atoms with van der Waals surface area (Å²) in [5.41, 5.74) is -1.47. The lowest BCUT2D eigenvalue weighted by molar-refractivity contribution is -0.277. The van der Waals surface area contributed by atoms with E-state index >= 15 is 0 Å². The summed E-state index contributed by atoms with van der Waals surface area (Å²) < 4.78 is 27.4. The minimum Gasteiger partial charge on any atom is -0.508 e. The number of aliphatic hydroxyl groups excluding tert-OH is 8. The van der Waals surface area contributed by atoms with Crippen LogP contribution in [0, 0.1) is 0 Å². The van der Waals surface area contributed by atoms with E-state index in [1.807, 2.05) is 0 Å². The van der Waals surface area contributed by atoms with Gasteiger partial charge in [-0.1, -0.05) is 0 Å². The van der Waals surface area contributed by atoms with Gasteiger partial charge in [-0.05, 0) is 18.2 Å². The summed E-state index contributed by atoms with van der Waals surface area (Å²) in [7, 11) is 0. The summed E-state index contributed by atoms with van der Waals surface area (Å²) in [6.07, 6.45) is -16.9. The molecule has 2 saturated heterocycles. The molecule has 0 unspecified atom stereocenters. The number of hydrogen-bond acceptors (Lipinski definition) is 17. The fourth-order valence-electron chi connectivity index (χ4n) is 4.89. The van der Waals surface area contributed by atoms with E-state index in [2.05, 4.69) is 0 Å². The third-order valence-electron chi connectivity index (χ3n) is 7.31. The lowest BCUT2D eigenvalue weighted by Crippen LogP contribution is -2.60. The molecule has 44 heavy (non-hydrogen) atoms. The fourth-order valence-corrected chi connectivity index (χ4v) is 4.89. The molecule has 1 aromatic heterocycles. The molecule has 17 nitrogen and oxygen atoms in total. The van der Waals surface area contributed by atoms with Gasteiger partial charge in [0.2, 0.25) is 23.8 Å². The molecule has 2 fully saturated rings. The van der Waals surface area contributed by atoms with E-state index in [9.17, 15) is 61.0 Å². The summed E-state index contributed by atoms with van der Waals surface area (Å²) in [6.45, 7) is -1.52. The number of aromatic hydroxyl groups is 3. The molecule has 0 amide bonds. The Kier molecular flexibility index (Phi) is 8.87. The van der Waals surface area contributed by atoms with Gasteiger partial charge in [0, 0.05) is 17.7 Å². The summed E-state index contributed by atoms with van der Waals surface area (Å²) in [4.78, 5) is 13.6. The molecule has 0 bridgehead atoms. The maximum atomic E-state index is 13.6. The van der Waals surface area contributed by atoms with Gasteiger partial charge in [0.25, 0.3) is 0 Å². The normalized spacial score (nSPS) is 32.5. The number of aliphatic hydroxyl groups is 8. The molecule has 2 aromatic carbocycles. The predicted octanol–water partition coefficient (Wildman–Crippen LogP) is -3.07. The van der Waals surface area contributed by atoms with E-state index in [4.69, 9.17) is 23.4 Å². The van der Waals surface area contributed by atoms with Crippen LogP contribution in [0.2, 0.25) is 0 Å². The highest BCUT2D eigenvalue weighted by atomic mass is 16.7. The van der Waals surface area contributed by atoms with Crippen molar-refractivity contribution in [2.75, 3.05) is 13.2 Å². The quantitative estimate of drug-likeness (QED) is 0.124. The van der Waals surface area contributed by atoms with E-state index < -0.39 is 114 Å². The predicted molar refractivity (Wildman–Crippen MR) is 142 cm³/mol. The Bertz CT molecular complexity index is 1550. The first-order chi connectivity index (χ1) is 20.9. The van der Waals surface area contributed by atoms with Crippen molar-refractivity contribution in [1.82, 2.24) is 0 Å². The van der Waals surface area contributed by atoms with E-state index in [0.717, 1.165) is 24.3 Å². The van der Waals surface area contributed by atoms with Gasteiger partial charge in [-0.3, -0.25) is 4.79 Å². The van der Waals surface area contributed by atoms with Crippen LogP contribution in [0.15, 0.2) is 39.5 Å². The molecule has 11 N–H and O–H groups in total. The Balaban J connectivity index is 1.55. The Morgan fingerprint density at radius 2 is 1.25 bits per heavy atom. The number of hydrogen-bond donors (Lipinski definition) is 11. The van der Waals surface area contributed by atoms with Crippen LogP contribution < -0.4 is 14.9 Å². The fraction of sp³-hybridized carbons (Fsp3) is 0.444. The average Bonchev–Trinajstić information content (AvgIpc) is 2.99. The number of phenolic OH excluding ortho intramolecular Hbond substituents is 3. The molecule has 0 aliphatic carbocycles. The highest BCUT2D eigenvalue weighted by Crippen LogP contribution is 2.40. The number of fused-ring (bicyclic) bond motifs is 1. The van der Waals surface area contributed by atoms with Crippen LogP contribution in [0.4, 0.5) is 0 Å². The van der Waals surface area contributed by atoms with Crippen molar-refractivity contribution in [3.05, 3.63) is 40.6 Å². The van der Waals surface area contributed by atoms with Crippen LogP contribution in [-0.4, -0.2) is 131 Å². The number of benzene rings is 2. The van der Waals surface area contributed by atoms with Gasteiger partial charge < -0.3 is 79.5 Å². The lowest BCUT2D eigenvalue weighted by Gasteiger charge is -2.39. The number of rotatable bonds is 7. The smallest absolute Gasteiger partial charge is 0.239 e. The van der Waals surface area contributed by atoms with Gasteiger partial charge in [0.1, 0.15) is 71.3 Å². The zero-order chi connectivity index (χ0) is 32.0. The summed E-state index contributed by atoms with van der Waals surface area (Å²) in [6, 6.07) is 5.23. The van der Waals surface area contributed by atoms with Crippen LogP contribution in [0.5, 0.6) is 28.7 Å². The minimum atomic E-state index is -1.94.